The number of halogens is 1. The van der Waals surface area contributed by atoms with Gasteiger partial charge in [0.15, 0.2) is 0 Å². The van der Waals surface area contributed by atoms with Crippen LogP contribution in [0.5, 0.6) is 5.75 Å². The average Bonchev–Trinajstić information content (AvgIpc) is 3.20. The van der Waals surface area contributed by atoms with Crippen molar-refractivity contribution in [3.8, 4) is 16.2 Å². The molecule has 3 rings (SSSR count). The molecule has 0 spiro atoms. The Morgan fingerprint density at radius 2 is 1.87 bits per heavy atom. The topological polar surface area (TPSA) is 67.4 Å². The number of ether oxygens (including phenoxy) is 1. The van der Waals surface area contributed by atoms with E-state index in [0.717, 1.165) is 20.9 Å². The first-order chi connectivity index (χ1) is 14.4. The molecular formula is C23H21FN2O3S. The molecule has 0 fully saturated rings. The van der Waals surface area contributed by atoms with Gasteiger partial charge in [-0.25, -0.2) is 4.39 Å². The number of anilines is 1. The number of carbonyl (C=O) groups excluding carboxylic acids is 2. The molecule has 0 aliphatic carbocycles. The van der Waals surface area contributed by atoms with Gasteiger partial charge in [0.1, 0.15) is 11.6 Å². The summed E-state index contributed by atoms with van der Waals surface area (Å²) in [5.41, 5.74) is 2.45. The Labute approximate surface area is 178 Å². The average molecular weight is 424 g/mol. The second kappa shape index (κ2) is 9.84. The highest BCUT2D eigenvalue weighted by Crippen LogP contribution is 2.29. The largest absolute Gasteiger partial charge is 0.495 e. The van der Waals surface area contributed by atoms with Crippen LogP contribution in [0.15, 0.2) is 60.7 Å². The summed E-state index contributed by atoms with van der Waals surface area (Å²) in [7, 11) is 1.53. The summed E-state index contributed by atoms with van der Waals surface area (Å²) in [6.07, 6.45) is 3.05. The Morgan fingerprint density at radius 1 is 1.10 bits per heavy atom. The highest BCUT2D eigenvalue weighted by atomic mass is 32.1. The lowest BCUT2D eigenvalue weighted by molar-refractivity contribution is -0.121. The summed E-state index contributed by atoms with van der Waals surface area (Å²) < 4.78 is 18.3. The van der Waals surface area contributed by atoms with E-state index in [1.54, 1.807) is 30.3 Å². The lowest BCUT2D eigenvalue weighted by Crippen LogP contribution is -2.31. The first kappa shape index (κ1) is 21.3. The smallest absolute Gasteiger partial charge is 0.244 e. The SMILES string of the molecule is COc1ccc(C)cc1NC(=O)CNC(=O)/C=C/c1ccc(-c2ccc(F)cc2)s1. The van der Waals surface area contributed by atoms with Crippen molar-refractivity contribution in [1.82, 2.24) is 5.32 Å². The lowest BCUT2D eigenvalue weighted by atomic mass is 10.2. The lowest BCUT2D eigenvalue weighted by Gasteiger charge is -2.11. The van der Waals surface area contributed by atoms with Gasteiger partial charge in [0.05, 0.1) is 19.3 Å². The monoisotopic (exact) mass is 424 g/mol. The standard InChI is InChI=1S/C23H21FN2O3S/c1-15-3-10-20(29-2)19(13-15)26-23(28)14-25-22(27)12-9-18-8-11-21(30-18)16-4-6-17(24)7-5-16/h3-13H,14H2,1-2H3,(H,25,27)(H,26,28)/b12-9+. The molecule has 0 aliphatic rings. The number of methoxy groups -OCH3 is 1. The Hall–Kier alpha value is -3.45. The van der Waals surface area contributed by atoms with E-state index in [4.69, 9.17) is 4.74 Å². The number of carbonyl (C=O) groups is 2. The van der Waals surface area contributed by atoms with E-state index in [2.05, 4.69) is 10.6 Å². The molecule has 154 valence electrons. The van der Waals surface area contributed by atoms with Crippen LogP contribution >= 0.6 is 11.3 Å². The summed E-state index contributed by atoms with van der Waals surface area (Å²) in [6, 6.07) is 15.5. The molecule has 3 aromatic rings. The molecule has 2 amide bonds. The van der Waals surface area contributed by atoms with Crippen LogP contribution in [0, 0.1) is 12.7 Å². The third-order valence-electron chi connectivity index (χ3n) is 4.21. The summed E-state index contributed by atoms with van der Waals surface area (Å²) in [5.74, 6) is -0.458. The van der Waals surface area contributed by atoms with E-state index in [9.17, 15) is 14.0 Å². The van der Waals surface area contributed by atoms with E-state index in [0.29, 0.717) is 11.4 Å². The molecular weight excluding hydrogens is 403 g/mol. The third kappa shape index (κ3) is 5.78. The van der Waals surface area contributed by atoms with Crippen LogP contribution in [0.2, 0.25) is 0 Å². The molecule has 0 saturated carbocycles. The number of thiophene rings is 1. The number of benzene rings is 2. The fourth-order valence-corrected chi connectivity index (χ4v) is 3.63. The normalized spacial score (nSPS) is 10.8. The van der Waals surface area contributed by atoms with Crippen molar-refractivity contribution in [2.24, 2.45) is 0 Å². The Bertz CT molecular complexity index is 1070. The van der Waals surface area contributed by atoms with Crippen LogP contribution in [-0.2, 0) is 9.59 Å². The second-order valence-corrected chi connectivity index (χ2v) is 7.63. The summed E-state index contributed by atoms with van der Waals surface area (Å²) >= 11 is 1.48. The third-order valence-corrected chi connectivity index (χ3v) is 5.31. The van der Waals surface area contributed by atoms with Gasteiger partial charge in [-0.15, -0.1) is 11.3 Å². The first-order valence-corrected chi connectivity index (χ1v) is 10.0. The quantitative estimate of drug-likeness (QED) is 0.543. The fraction of sp³-hybridized carbons (Fsp3) is 0.130. The molecule has 2 N–H and O–H groups in total. The van der Waals surface area contributed by atoms with Gasteiger partial charge >= 0.3 is 0 Å². The summed E-state index contributed by atoms with van der Waals surface area (Å²) in [6.45, 7) is 1.75. The maximum atomic E-state index is 13.0. The second-order valence-electron chi connectivity index (χ2n) is 6.51. The minimum Gasteiger partial charge on any atom is -0.495 e. The van der Waals surface area contributed by atoms with Crippen molar-refractivity contribution in [2.75, 3.05) is 19.0 Å². The van der Waals surface area contributed by atoms with E-state index < -0.39 is 0 Å². The predicted molar refractivity (Wildman–Crippen MR) is 118 cm³/mol. The molecule has 0 saturated heterocycles. The summed E-state index contributed by atoms with van der Waals surface area (Å²) in [5, 5.41) is 5.28. The van der Waals surface area contributed by atoms with Gasteiger partial charge in [-0.1, -0.05) is 18.2 Å². The van der Waals surface area contributed by atoms with Gasteiger partial charge in [-0.05, 0) is 60.5 Å². The molecule has 5 nitrogen and oxygen atoms in total. The zero-order chi connectivity index (χ0) is 21.5. The van der Waals surface area contributed by atoms with Gasteiger partial charge in [0.2, 0.25) is 11.8 Å². The van der Waals surface area contributed by atoms with Crippen LogP contribution in [0.4, 0.5) is 10.1 Å². The molecule has 1 heterocycles. The first-order valence-electron chi connectivity index (χ1n) is 9.21. The molecule has 0 atom stereocenters. The molecule has 0 radical (unpaired) electrons. The van der Waals surface area contributed by atoms with Crippen LogP contribution in [0.3, 0.4) is 0 Å². The van der Waals surface area contributed by atoms with Crippen molar-refractivity contribution in [1.29, 1.82) is 0 Å². The molecule has 0 unspecified atom stereocenters. The van der Waals surface area contributed by atoms with Gasteiger partial charge < -0.3 is 15.4 Å². The zero-order valence-corrected chi connectivity index (χ0v) is 17.4. The van der Waals surface area contributed by atoms with Crippen molar-refractivity contribution in [3.05, 3.63) is 76.9 Å². The van der Waals surface area contributed by atoms with Gasteiger partial charge in [0.25, 0.3) is 0 Å². The van der Waals surface area contributed by atoms with E-state index >= 15 is 0 Å². The predicted octanol–water partition coefficient (Wildman–Crippen LogP) is 4.64. The van der Waals surface area contributed by atoms with Crippen molar-refractivity contribution in [2.45, 2.75) is 6.92 Å². The van der Waals surface area contributed by atoms with Crippen molar-refractivity contribution >= 4 is 34.9 Å². The highest BCUT2D eigenvalue weighted by molar-refractivity contribution is 7.16. The summed E-state index contributed by atoms with van der Waals surface area (Å²) in [4.78, 5) is 26.0. The molecule has 0 aliphatic heterocycles. The van der Waals surface area contributed by atoms with Gasteiger partial charge in [0, 0.05) is 15.8 Å². The minimum absolute atomic E-state index is 0.161. The van der Waals surface area contributed by atoms with Gasteiger partial charge in [-0.2, -0.15) is 0 Å². The van der Waals surface area contributed by atoms with E-state index in [1.165, 1.54) is 36.7 Å². The number of aryl methyl sites for hydroxylation is 1. The molecule has 2 aromatic carbocycles. The van der Waals surface area contributed by atoms with Crippen LogP contribution in [0.1, 0.15) is 10.4 Å². The fourth-order valence-electron chi connectivity index (χ4n) is 2.71. The van der Waals surface area contributed by atoms with E-state index in [1.807, 2.05) is 25.1 Å². The van der Waals surface area contributed by atoms with Crippen LogP contribution < -0.4 is 15.4 Å². The molecule has 7 heteroatoms. The van der Waals surface area contributed by atoms with Gasteiger partial charge in [-0.3, -0.25) is 9.59 Å². The molecule has 0 bridgehead atoms. The number of hydrogen-bond acceptors (Lipinski definition) is 4. The van der Waals surface area contributed by atoms with Crippen molar-refractivity contribution in [3.63, 3.8) is 0 Å². The number of amides is 2. The number of hydrogen-bond donors (Lipinski definition) is 2. The maximum absolute atomic E-state index is 13.0. The Kier molecular flexibility index (Phi) is 6.98. The minimum atomic E-state index is -0.377. The van der Waals surface area contributed by atoms with E-state index in [-0.39, 0.29) is 24.2 Å². The molecule has 1 aromatic heterocycles. The molecule has 30 heavy (non-hydrogen) atoms. The Balaban J connectivity index is 1.52. The van der Waals surface area contributed by atoms with Crippen LogP contribution in [-0.4, -0.2) is 25.5 Å². The number of rotatable bonds is 7. The van der Waals surface area contributed by atoms with Crippen LogP contribution in [0.25, 0.3) is 16.5 Å². The highest BCUT2D eigenvalue weighted by Gasteiger charge is 2.09. The Morgan fingerprint density at radius 3 is 2.60 bits per heavy atom. The number of nitrogens with one attached hydrogen (secondary N) is 2. The van der Waals surface area contributed by atoms with Crippen molar-refractivity contribution < 1.29 is 18.7 Å². The maximum Gasteiger partial charge on any atom is 0.244 e. The zero-order valence-electron chi connectivity index (χ0n) is 16.6.